The molecule has 0 atom stereocenters. The Kier molecular flexibility index (Phi) is 11.0. The van der Waals surface area contributed by atoms with E-state index < -0.39 is 0 Å². The Hall–Kier alpha value is -1.27. The van der Waals surface area contributed by atoms with Gasteiger partial charge in [-0.25, -0.2) is 0 Å². The van der Waals surface area contributed by atoms with Crippen molar-refractivity contribution in [3.05, 3.63) is 59.1 Å². The lowest BCUT2D eigenvalue weighted by Crippen LogP contribution is -2.13. The molecular formula is C30H43Cl. The maximum Gasteiger partial charge on any atom is 0.0484 e. The fraction of sp³-hybridized carbons (Fsp3) is 0.600. The van der Waals surface area contributed by atoms with Crippen LogP contribution in [0.15, 0.2) is 48.5 Å². The molecule has 2 aromatic rings. The van der Waals surface area contributed by atoms with Crippen LogP contribution in [-0.2, 0) is 0 Å². The van der Waals surface area contributed by atoms with Crippen LogP contribution < -0.4 is 0 Å². The molecule has 0 heterocycles. The van der Waals surface area contributed by atoms with Gasteiger partial charge in [-0.15, -0.1) is 0 Å². The fourth-order valence-corrected chi connectivity index (χ4v) is 5.58. The average molecular weight is 439 g/mol. The lowest BCUT2D eigenvalue weighted by atomic mass is 9.77. The van der Waals surface area contributed by atoms with Gasteiger partial charge in [-0.3, -0.25) is 0 Å². The van der Waals surface area contributed by atoms with Crippen molar-refractivity contribution < 1.29 is 0 Å². The minimum Gasteiger partial charge on any atom is -0.0837 e. The Labute approximate surface area is 196 Å². The minimum atomic E-state index is 0.754. The van der Waals surface area contributed by atoms with Gasteiger partial charge in [0.25, 0.3) is 0 Å². The SMILES string of the molecule is CCCCCCCCCCCCC1CCC(c2ccc(-c3ccccc3Cl)cc2)CC1. The van der Waals surface area contributed by atoms with Gasteiger partial charge < -0.3 is 0 Å². The molecule has 0 radical (unpaired) electrons. The second-order valence-corrected chi connectivity index (χ2v) is 10.2. The standard InChI is InChI=1S/C30H43Cl/c1-2-3-4-5-6-7-8-9-10-11-14-25-17-19-26(20-18-25)27-21-23-28(24-22-27)29-15-12-13-16-30(29)31/h12-13,15-16,21-26H,2-11,14,17-20H2,1H3. The van der Waals surface area contributed by atoms with E-state index in [1.807, 2.05) is 12.1 Å². The third kappa shape index (κ3) is 8.30. The van der Waals surface area contributed by atoms with Crippen molar-refractivity contribution >= 4 is 11.6 Å². The predicted molar refractivity (Wildman–Crippen MR) is 138 cm³/mol. The summed E-state index contributed by atoms with van der Waals surface area (Å²) < 4.78 is 0. The van der Waals surface area contributed by atoms with Gasteiger partial charge in [0.05, 0.1) is 0 Å². The molecule has 0 saturated heterocycles. The van der Waals surface area contributed by atoms with Crippen LogP contribution in [0.2, 0.25) is 5.02 Å². The number of rotatable bonds is 13. The molecule has 0 amide bonds. The molecule has 2 aromatic carbocycles. The van der Waals surface area contributed by atoms with Crippen LogP contribution in [-0.4, -0.2) is 0 Å². The molecule has 1 aliphatic rings. The Morgan fingerprint density at radius 3 is 1.87 bits per heavy atom. The van der Waals surface area contributed by atoms with Crippen molar-refractivity contribution in [1.82, 2.24) is 0 Å². The minimum absolute atomic E-state index is 0.754. The van der Waals surface area contributed by atoms with Gasteiger partial charge in [0.15, 0.2) is 0 Å². The Morgan fingerprint density at radius 2 is 1.26 bits per heavy atom. The zero-order chi connectivity index (χ0) is 21.7. The molecule has 170 valence electrons. The molecule has 3 rings (SSSR count). The van der Waals surface area contributed by atoms with E-state index in [1.165, 1.54) is 107 Å². The van der Waals surface area contributed by atoms with Crippen LogP contribution in [0.4, 0.5) is 0 Å². The zero-order valence-corrected chi connectivity index (χ0v) is 20.5. The third-order valence-electron chi connectivity index (χ3n) is 7.38. The van der Waals surface area contributed by atoms with Crippen molar-refractivity contribution in [3.8, 4) is 11.1 Å². The van der Waals surface area contributed by atoms with E-state index in [-0.39, 0.29) is 0 Å². The van der Waals surface area contributed by atoms with Gasteiger partial charge in [0.2, 0.25) is 0 Å². The number of benzene rings is 2. The summed E-state index contributed by atoms with van der Waals surface area (Å²) in [6.45, 7) is 2.30. The molecule has 0 aliphatic heterocycles. The van der Waals surface area contributed by atoms with E-state index in [1.54, 1.807) is 0 Å². The van der Waals surface area contributed by atoms with E-state index in [9.17, 15) is 0 Å². The molecule has 0 nitrogen and oxygen atoms in total. The summed E-state index contributed by atoms with van der Waals surface area (Å²) in [7, 11) is 0. The first kappa shape index (κ1) is 24.4. The first-order valence-corrected chi connectivity index (χ1v) is 13.5. The average Bonchev–Trinajstić information content (AvgIpc) is 2.81. The highest BCUT2D eigenvalue weighted by molar-refractivity contribution is 6.33. The molecule has 0 unspecified atom stereocenters. The Morgan fingerprint density at radius 1 is 0.677 bits per heavy atom. The Bertz CT molecular complexity index is 724. The number of hydrogen-bond donors (Lipinski definition) is 0. The highest BCUT2D eigenvalue weighted by atomic mass is 35.5. The lowest BCUT2D eigenvalue weighted by Gasteiger charge is -2.29. The summed E-state index contributed by atoms with van der Waals surface area (Å²) in [5.41, 5.74) is 3.88. The van der Waals surface area contributed by atoms with Crippen LogP contribution in [0.5, 0.6) is 0 Å². The van der Waals surface area contributed by atoms with E-state index in [0.29, 0.717) is 0 Å². The molecule has 0 bridgehead atoms. The molecule has 31 heavy (non-hydrogen) atoms. The Balaban J connectivity index is 1.29. The highest BCUT2D eigenvalue weighted by Crippen LogP contribution is 2.38. The van der Waals surface area contributed by atoms with Gasteiger partial charge in [-0.1, -0.05) is 132 Å². The van der Waals surface area contributed by atoms with Gasteiger partial charge in [0.1, 0.15) is 0 Å². The maximum absolute atomic E-state index is 6.36. The van der Waals surface area contributed by atoms with Gasteiger partial charge in [-0.2, -0.15) is 0 Å². The fourth-order valence-electron chi connectivity index (χ4n) is 5.34. The summed E-state index contributed by atoms with van der Waals surface area (Å²) in [5, 5.41) is 0.836. The summed E-state index contributed by atoms with van der Waals surface area (Å²) in [6.07, 6.45) is 21.5. The highest BCUT2D eigenvalue weighted by Gasteiger charge is 2.22. The normalized spacial score (nSPS) is 18.9. The van der Waals surface area contributed by atoms with Crippen molar-refractivity contribution in [2.24, 2.45) is 5.92 Å². The topological polar surface area (TPSA) is 0 Å². The smallest absolute Gasteiger partial charge is 0.0484 e. The number of halogens is 1. The van der Waals surface area contributed by atoms with Crippen LogP contribution in [0.1, 0.15) is 115 Å². The van der Waals surface area contributed by atoms with Crippen molar-refractivity contribution in [1.29, 1.82) is 0 Å². The van der Waals surface area contributed by atoms with Crippen molar-refractivity contribution in [2.75, 3.05) is 0 Å². The largest absolute Gasteiger partial charge is 0.0837 e. The number of hydrogen-bond acceptors (Lipinski definition) is 0. The van der Waals surface area contributed by atoms with Gasteiger partial charge in [0, 0.05) is 10.6 Å². The van der Waals surface area contributed by atoms with Crippen LogP contribution in [0, 0.1) is 5.92 Å². The summed E-state index contributed by atoms with van der Waals surface area (Å²) in [5.74, 6) is 1.73. The molecule has 1 fully saturated rings. The molecule has 0 aromatic heterocycles. The van der Waals surface area contributed by atoms with E-state index in [2.05, 4.69) is 43.3 Å². The third-order valence-corrected chi connectivity index (χ3v) is 7.71. The molecule has 1 aliphatic carbocycles. The summed E-state index contributed by atoms with van der Waals surface area (Å²) >= 11 is 6.36. The van der Waals surface area contributed by atoms with Crippen molar-refractivity contribution in [2.45, 2.75) is 109 Å². The summed E-state index contributed by atoms with van der Waals surface area (Å²) in [4.78, 5) is 0. The second-order valence-electron chi connectivity index (χ2n) is 9.79. The molecular weight excluding hydrogens is 396 g/mol. The first-order valence-electron chi connectivity index (χ1n) is 13.1. The number of unbranched alkanes of at least 4 members (excludes halogenated alkanes) is 9. The molecule has 0 N–H and O–H groups in total. The first-order chi connectivity index (χ1) is 15.3. The maximum atomic E-state index is 6.36. The van der Waals surface area contributed by atoms with E-state index in [0.717, 1.165) is 22.4 Å². The van der Waals surface area contributed by atoms with Crippen molar-refractivity contribution in [3.63, 3.8) is 0 Å². The second kappa shape index (κ2) is 14.0. The van der Waals surface area contributed by atoms with Crippen LogP contribution in [0.3, 0.4) is 0 Å². The predicted octanol–water partition coefficient (Wildman–Crippen LogP) is 10.6. The lowest BCUT2D eigenvalue weighted by molar-refractivity contribution is 0.302. The molecule has 1 heteroatoms. The zero-order valence-electron chi connectivity index (χ0n) is 19.8. The summed E-state index contributed by atoms with van der Waals surface area (Å²) in [6, 6.07) is 17.3. The van der Waals surface area contributed by atoms with Crippen LogP contribution in [0.25, 0.3) is 11.1 Å². The van der Waals surface area contributed by atoms with E-state index in [4.69, 9.17) is 11.6 Å². The molecule has 1 saturated carbocycles. The van der Waals surface area contributed by atoms with Gasteiger partial charge in [-0.05, 0) is 54.7 Å². The van der Waals surface area contributed by atoms with Gasteiger partial charge >= 0.3 is 0 Å². The van der Waals surface area contributed by atoms with Crippen LogP contribution >= 0.6 is 11.6 Å². The quantitative estimate of drug-likeness (QED) is 0.272. The monoisotopic (exact) mass is 438 g/mol. The molecule has 0 spiro atoms. The van der Waals surface area contributed by atoms with E-state index >= 15 is 0 Å².